The predicted octanol–water partition coefficient (Wildman–Crippen LogP) is 2.83. The molecule has 0 bridgehead atoms. The summed E-state index contributed by atoms with van der Waals surface area (Å²) in [5, 5.41) is 0. The first-order valence-corrected chi connectivity index (χ1v) is 10.4. The van der Waals surface area contributed by atoms with Crippen LogP contribution in [0.2, 0.25) is 0 Å². The summed E-state index contributed by atoms with van der Waals surface area (Å²) in [6.07, 6.45) is 2.28. The number of hydrogen-bond donors (Lipinski definition) is 0. The van der Waals surface area contributed by atoms with Crippen molar-refractivity contribution in [3.63, 3.8) is 0 Å². The molecule has 6 heteroatoms. The molecule has 0 N–H and O–H groups in total. The number of fused-ring (bicyclic) bond motifs is 3. The van der Waals surface area contributed by atoms with Crippen molar-refractivity contribution in [3.8, 4) is 0 Å². The number of piperazine rings is 1. The topological polar surface area (TPSA) is 53.1 Å². The van der Waals surface area contributed by atoms with Crippen LogP contribution in [0, 0.1) is 0 Å². The number of likely N-dealkylation sites (tertiary alicyclic amines) is 1. The zero-order chi connectivity index (χ0) is 19.9. The summed E-state index contributed by atoms with van der Waals surface area (Å²) in [5.74, 6) is 0.0751. The summed E-state index contributed by atoms with van der Waals surface area (Å²) < 4.78 is 5.53. The molecule has 3 aliphatic heterocycles. The molecule has 4 rings (SSSR count). The summed E-state index contributed by atoms with van der Waals surface area (Å²) in [4.78, 5) is 32.0. The van der Waals surface area contributed by atoms with E-state index < -0.39 is 5.60 Å². The highest BCUT2D eigenvalue weighted by Gasteiger charge is 2.41. The molecule has 0 aliphatic carbocycles. The van der Waals surface area contributed by atoms with E-state index in [2.05, 4.69) is 29.2 Å². The van der Waals surface area contributed by atoms with Crippen molar-refractivity contribution < 1.29 is 14.3 Å². The summed E-state index contributed by atoms with van der Waals surface area (Å²) in [5.41, 5.74) is 2.20. The molecule has 3 heterocycles. The van der Waals surface area contributed by atoms with Gasteiger partial charge in [-0.25, -0.2) is 4.79 Å². The fourth-order valence-electron chi connectivity index (χ4n) is 4.71. The Hall–Kier alpha value is -2.08. The molecule has 0 spiro atoms. The Balaban J connectivity index is 1.47. The molecule has 6 nitrogen and oxygen atoms in total. The van der Waals surface area contributed by atoms with Gasteiger partial charge in [0, 0.05) is 32.7 Å². The van der Waals surface area contributed by atoms with Crippen molar-refractivity contribution in [2.24, 2.45) is 0 Å². The maximum Gasteiger partial charge on any atom is 0.410 e. The molecule has 2 fully saturated rings. The van der Waals surface area contributed by atoms with E-state index in [-0.39, 0.29) is 24.1 Å². The third kappa shape index (κ3) is 3.75. The number of rotatable bonds is 1. The summed E-state index contributed by atoms with van der Waals surface area (Å²) in [6, 6.07) is 8.46. The van der Waals surface area contributed by atoms with Crippen LogP contribution in [0.4, 0.5) is 4.79 Å². The van der Waals surface area contributed by atoms with Gasteiger partial charge in [-0.3, -0.25) is 14.6 Å². The van der Waals surface area contributed by atoms with Crippen molar-refractivity contribution in [2.45, 2.75) is 57.7 Å². The summed E-state index contributed by atoms with van der Waals surface area (Å²) in [7, 11) is 0. The lowest BCUT2D eigenvalue weighted by atomic mass is 9.91. The second kappa shape index (κ2) is 7.39. The molecular weight excluding hydrogens is 354 g/mol. The standard InChI is InChI=1S/C22H31N3O3/c1-22(2,3)28-21(27)25-11-6-9-18(25)20(26)24-14-13-23-12-10-16-7-4-5-8-17(16)19(23)15-24/h4-5,7-8,18-19H,6,9-15H2,1-3H3. The molecule has 2 atom stereocenters. The molecular formula is C22H31N3O3. The Labute approximate surface area is 167 Å². The van der Waals surface area contributed by atoms with E-state index in [4.69, 9.17) is 4.74 Å². The molecule has 1 aromatic carbocycles. The molecule has 3 aliphatic rings. The van der Waals surface area contributed by atoms with Crippen LogP contribution in [-0.2, 0) is 16.0 Å². The van der Waals surface area contributed by atoms with Crippen LogP contribution in [0.25, 0.3) is 0 Å². The maximum absolute atomic E-state index is 13.3. The molecule has 1 aromatic rings. The van der Waals surface area contributed by atoms with Gasteiger partial charge in [0.05, 0.1) is 6.04 Å². The van der Waals surface area contributed by atoms with E-state index in [1.54, 1.807) is 4.90 Å². The normalized spacial score (nSPS) is 25.2. The Morgan fingerprint density at radius 1 is 1.07 bits per heavy atom. The van der Waals surface area contributed by atoms with Crippen molar-refractivity contribution in [1.29, 1.82) is 0 Å². The van der Waals surface area contributed by atoms with Crippen LogP contribution in [0.5, 0.6) is 0 Å². The molecule has 0 aromatic heterocycles. The molecule has 152 valence electrons. The van der Waals surface area contributed by atoms with E-state index >= 15 is 0 Å². The van der Waals surface area contributed by atoms with Crippen LogP contribution in [-0.4, -0.2) is 71.1 Å². The number of carbonyl (C=O) groups excluding carboxylic acids is 2. The molecule has 2 amide bonds. The van der Waals surface area contributed by atoms with Crippen LogP contribution in [0.3, 0.4) is 0 Å². The highest BCUT2D eigenvalue weighted by atomic mass is 16.6. The van der Waals surface area contributed by atoms with Gasteiger partial charge in [-0.1, -0.05) is 24.3 Å². The quantitative estimate of drug-likeness (QED) is 0.746. The number of ether oxygens (including phenoxy) is 1. The van der Waals surface area contributed by atoms with E-state index in [1.807, 2.05) is 25.7 Å². The van der Waals surface area contributed by atoms with E-state index in [9.17, 15) is 9.59 Å². The van der Waals surface area contributed by atoms with Crippen molar-refractivity contribution in [2.75, 3.05) is 32.7 Å². The van der Waals surface area contributed by atoms with Gasteiger partial charge >= 0.3 is 6.09 Å². The molecule has 2 saturated heterocycles. The van der Waals surface area contributed by atoms with E-state index in [0.717, 1.165) is 38.9 Å². The second-order valence-corrected chi connectivity index (χ2v) is 9.12. The van der Waals surface area contributed by atoms with Crippen LogP contribution >= 0.6 is 0 Å². The lowest BCUT2D eigenvalue weighted by molar-refractivity contribution is -0.139. The molecule has 28 heavy (non-hydrogen) atoms. The van der Waals surface area contributed by atoms with E-state index in [0.29, 0.717) is 13.1 Å². The number of carbonyl (C=O) groups is 2. The first-order chi connectivity index (χ1) is 13.3. The molecule has 0 saturated carbocycles. The van der Waals surface area contributed by atoms with Crippen LogP contribution in [0.15, 0.2) is 24.3 Å². The first kappa shape index (κ1) is 19.2. The minimum absolute atomic E-state index is 0.0751. The zero-order valence-corrected chi connectivity index (χ0v) is 17.2. The Morgan fingerprint density at radius 3 is 2.64 bits per heavy atom. The largest absolute Gasteiger partial charge is 0.444 e. The first-order valence-electron chi connectivity index (χ1n) is 10.4. The van der Waals surface area contributed by atoms with Gasteiger partial charge in [-0.15, -0.1) is 0 Å². The minimum atomic E-state index is -0.551. The lowest BCUT2D eigenvalue weighted by Gasteiger charge is -2.45. The van der Waals surface area contributed by atoms with Crippen LogP contribution in [0.1, 0.15) is 50.8 Å². The minimum Gasteiger partial charge on any atom is -0.444 e. The van der Waals surface area contributed by atoms with Gasteiger partial charge in [-0.2, -0.15) is 0 Å². The SMILES string of the molecule is CC(C)(C)OC(=O)N1CCCC1C(=O)N1CCN2CCc3ccccc3C2C1. The predicted molar refractivity (Wildman–Crippen MR) is 107 cm³/mol. The van der Waals surface area contributed by atoms with Gasteiger partial charge in [0.25, 0.3) is 0 Å². The molecule has 0 radical (unpaired) electrons. The number of nitrogens with zero attached hydrogens (tertiary/aromatic N) is 3. The van der Waals surface area contributed by atoms with Gasteiger partial charge in [0.1, 0.15) is 11.6 Å². The van der Waals surface area contributed by atoms with Crippen molar-refractivity contribution in [1.82, 2.24) is 14.7 Å². The highest BCUT2D eigenvalue weighted by Crippen LogP contribution is 2.33. The third-order valence-electron chi connectivity index (χ3n) is 6.05. The second-order valence-electron chi connectivity index (χ2n) is 9.12. The number of benzene rings is 1. The van der Waals surface area contributed by atoms with Gasteiger partial charge in [-0.05, 0) is 51.2 Å². The van der Waals surface area contributed by atoms with Crippen LogP contribution < -0.4 is 0 Å². The van der Waals surface area contributed by atoms with Gasteiger partial charge in [0.2, 0.25) is 5.91 Å². The highest BCUT2D eigenvalue weighted by molar-refractivity contribution is 5.86. The Bertz CT molecular complexity index is 758. The lowest BCUT2D eigenvalue weighted by Crippen LogP contribution is -2.56. The number of hydrogen-bond acceptors (Lipinski definition) is 4. The average molecular weight is 386 g/mol. The average Bonchev–Trinajstić information content (AvgIpc) is 3.15. The third-order valence-corrected chi connectivity index (χ3v) is 6.05. The number of amides is 2. The molecule has 2 unspecified atom stereocenters. The maximum atomic E-state index is 13.3. The van der Waals surface area contributed by atoms with E-state index in [1.165, 1.54) is 11.1 Å². The Morgan fingerprint density at radius 2 is 1.86 bits per heavy atom. The fourth-order valence-corrected chi connectivity index (χ4v) is 4.71. The fraction of sp³-hybridized carbons (Fsp3) is 0.636. The monoisotopic (exact) mass is 385 g/mol. The summed E-state index contributed by atoms with van der Waals surface area (Å²) >= 11 is 0. The van der Waals surface area contributed by atoms with Crippen molar-refractivity contribution in [3.05, 3.63) is 35.4 Å². The van der Waals surface area contributed by atoms with Crippen molar-refractivity contribution >= 4 is 12.0 Å². The zero-order valence-electron chi connectivity index (χ0n) is 17.2. The summed E-state index contributed by atoms with van der Waals surface area (Å²) in [6.45, 7) is 9.55. The Kier molecular flexibility index (Phi) is 5.08. The van der Waals surface area contributed by atoms with Gasteiger partial charge in [0.15, 0.2) is 0 Å². The van der Waals surface area contributed by atoms with Gasteiger partial charge < -0.3 is 9.64 Å². The smallest absolute Gasteiger partial charge is 0.410 e.